The lowest BCUT2D eigenvalue weighted by molar-refractivity contribution is -0.0227. The van der Waals surface area contributed by atoms with Crippen LogP contribution in [0.25, 0.3) is 0 Å². The van der Waals surface area contributed by atoms with Gasteiger partial charge in [0.2, 0.25) is 0 Å². The van der Waals surface area contributed by atoms with Crippen molar-refractivity contribution in [2.24, 2.45) is 0 Å². The van der Waals surface area contributed by atoms with Crippen molar-refractivity contribution in [2.45, 2.75) is 6.10 Å². The first-order valence-electron chi connectivity index (χ1n) is 10.3. The van der Waals surface area contributed by atoms with Crippen LogP contribution in [0.1, 0.15) is 32.4 Å². The molecule has 4 rings (SSSR count). The van der Waals surface area contributed by atoms with E-state index < -0.39 is 0 Å². The first-order valence-corrected chi connectivity index (χ1v) is 11.1. The van der Waals surface area contributed by atoms with Gasteiger partial charge in [-0.1, -0.05) is 40.2 Å². The number of ether oxygens (including phenoxy) is 2. The molecule has 164 valence electrons. The van der Waals surface area contributed by atoms with Crippen molar-refractivity contribution in [3.63, 3.8) is 0 Å². The van der Waals surface area contributed by atoms with E-state index in [-0.39, 0.29) is 17.9 Å². The van der Waals surface area contributed by atoms with Crippen LogP contribution in [-0.2, 0) is 4.74 Å². The number of morpholine rings is 1. The Morgan fingerprint density at radius 2 is 1.75 bits per heavy atom. The third kappa shape index (κ3) is 5.00. The highest BCUT2D eigenvalue weighted by molar-refractivity contribution is 9.10. The van der Waals surface area contributed by atoms with Crippen molar-refractivity contribution in [3.05, 3.63) is 94.0 Å². The molecule has 0 aliphatic carbocycles. The molecule has 0 bridgehead atoms. The Bertz CT molecular complexity index is 1100. The fourth-order valence-electron chi connectivity index (χ4n) is 3.60. The van der Waals surface area contributed by atoms with Gasteiger partial charge < -0.3 is 19.7 Å². The normalized spacial score (nSPS) is 15.8. The Hall–Kier alpha value is -3.16. The van der Waals surface area contributed by atoms with Crippen LogP contribution < -0.4 is 10.1 Å². The molecule has 3 aromatic carbocycles. The minimum Gasteiger partial charge on any atom is -0.497 e. The van der Waals surface area contributed by atoms with Crippen molar-refractivity contribution in [2.75, 3.05) is 32.1 Å². The second-order valence-corrected chi connectivity index (χ2v) is 8.31. The number of carbonyl (C=O) groups excluding carboxylic acids is 2. The number of halogens is 1. The molecule has 0 radical (unpaired) electrons. The van der Waals surface area contributed by atoms with Gasteiger partial charge in [0.1, 0.15) is 11.9 Å². The number of rotatable bonds is 5. The van der Waals surface area contributed by atoms with Crippen molar-refractivity contribution >= 4 is 33.4 Å². The van der Waals surface area contributed by atoms with Gasteiger partial charge in [0.15, 0.2) is 0 Å². The third-order valence-corrected chi connectivity index (χ3v) is 5.88. The molecule has 0 saturated carbocycles. The summed E-state index contributed by atoms with van der Waals surface area (Å²) in [5.74, 6) is 0.244. The Labute approximate surface area is 195 Å². The summed E-state index contributed by atoms with van der Waals surface area (Å²) in [6.07, 6.45) is -0.193. The van der Waals surface area contributed by atoms with Gasteiger partial charge in [-0.3, -0.25) is 9.59 Å². The topological polar surface area (TPSA) is 67.9 Å². The number of hydrogen-bond acceptors (Lipinski definition) is 4. The fourth-order valence-corrected chi connectivity index (χ4v) is 3.86. The maximum Gasteiger partial charge on any atom is 0.256 e. The molecule has 6 nitrogen and oxygen atoms in total. The van der Waals surface area contributed by atoms with E-state index in [0.717, 1.165) is 10.0 Å². The van der Waals surface area contributed by atoms with E-state index in [1.165, 1.54) is 0 Å². The molecule has 1 aliphatic heterocycles. The first-order chi connectivity index (χ1) is 15.5. The van der Waals surface area contributed by atoms with Crippen LogP contribution in [0.3, 0.4) is 0 Å². The van der Waals surface area contributed by atoms with Gasteiger partial charge in [0.25, 0.3) is 11.8 Å². The molecule has 1 heterocycles. The largest absolute Gasteiger partial charge is 0.497 e. The molecule has 1 aliphatic rings. The quantitative estimate of drug-likeness (QED) is 0.546. The molecular weight excluding hydrogens is 472 g/mol. The zero-order valence-corrected chi connectivity index (χ0v) is 19.2. The number of carbonyl (C=O) groups is 2. The Morgan fingerprint density at radius 3 is 2.47 bits per heavy atom. The molecule has 2 amide bonds. The van der Waals surface area contributed by atoms with Crippen LogP contribution in [0.2, 0.25) is 0 Å². The average Bonchev–Trinajstić information content (AvgIpc) is 2.84. The minimum atomic E-state index is -0.289. The van der Waals surface area contributed by atoms with Crippen molar-refractivity contribution in [1.29, 1.82) is 0 Å². The molecule has 3 aromatic rings. The number of amides is 2. The second kappa shape index (κ2) is 9.97. The lowest BCUT2D eigenvalue weighted by Gasteiger charge is -2.33. The molecule has 0 aromatic heterocycles. The van der Waals surface area contributed by atoms with E-state index in [1.54, 1.807) is 60.5 Å². The van der Waals surface area contributed by atoms with Crippen LogP contribution in [0.4, 0.5) is 5.69 Å². The van der Waals surface area contributed by atoms with Crippen molar-refractivity contribution < 1.29 is 19.1 Å². The lowest BCUT2D eigenvalue weighted by atomic mass is 10.1. The highest BCUT2D eigenvalue weighted by atomic mass is 79.9. The van der Waals surface area contributed by atoms with Crippen LogP contribution in [-0.4, -0.2) is 43.5 Å². The molecule has 1 saturated heterocycles. The van der Waals surface area contributed by atoms with Gasteiger partial charge >= 0.3 is 0 Å². The maximum atomic E-state index is 13.3. The molecule has 32 heavy (non-hydrogen) atoms. The van der Waals surface area contributed by atoms with Crippen LogP contribution in [0, 0.1) is 0 Å². The standard InChI is InChI=1S/C25H23BrN2O4/c1-31-20-12-8-18(9-13-20)24(29)27-22-5-3-2-4-21(22)25(30)28-14-15-32-23(16-28)17-6-10-19(26)11-7-17/h2-13,23H,14-16H2,1H3,(H,27,29). The summed E-state index contributed by atoms with van der Waals surface area (Å²) in [5, 5.41) is 2.87. The molecule has 1 fully saturated rings. The van der Waals surface area contributed by atoms with E-state index in [1.807, 2.05) is 24.3 Å². The lowest BCUT2D eigenvalue weighted by Crippen LogP contribution is -2.42. The highest BCUT2D eigenvalue weighted by Gasteiger charge is 2.27. The Morgan fingerprint density at radius 1 is 1.03 bits per heavy atom. The van der Waals surface area contributed by atoms with Gasteiger partial charge in [-0.2, -0.15) is 0 Å². The second-order valence-electron chi connectivity index (χ2n) is 7.39. The molecule has 1 unspecified atom stereocenters. The fraction of sp³-hybridized carbons (Fsp3) is 0.200. The van der Waals surface area contributed by atoms with Crippen molar-refractivity contribution in [3.8, 4) is 5.75 Å². The number of nitrogens with zero attached hydrogens (tertiary/aromatic N) is 1. The number of benzene rings is 3. The van der Waals surface area contributed by atoms with Crippen LogP contribution in [0.15, 0.2) is 77.3 Å². The minimum absolute atomic E-state index is 0.138. The predicted octanol–water partition coefficient (Wildman–Crippen LogP) is 4.92. The molecule has 0 spiro atoms. The highest BCUT2D eigenvalue weighted by Crippen LogP contribution is 2.26. The van der Waals surface area contributed by atoms with Gasteiger partial charge in [0.05, 0.1) is 31.5 Å². The van der Waals surface area contributed by atoms with Gasteiger partial charge in [-0.15, -0.1) is 0 Å². The first kappa shape index (κ1) is 22.0. The van der Waals surface area contributed by atoms with E-state index in [9.17, 15) is 9.59 Å². The summed E-state index contributed by atoms with van der Waals surface area (Å²) in [6.45, 7) is 1.39. The summed E-state index contributed by atoms with van der Waals surface area (Å²) < 4.78 is 12.0. The summed E-state index contributed by atoms with van der Waals surface area (Å²) in [4.78, 5) is 27.8. The molecule has 1 N–H and O–H groups in total. The Kier molecular flexibility index (Phi) is 6.87. The number of para-hydroxylation sites is 1. The smallest absolute Gasteiger partial charge is 0.256 e. The number of anilines is 1. The van der Waals surface area contributed by atoms with Gasteiger partial charge in [0, 0.05) is 16.6 Å². The van der Waals surface area contributed by atoms with E-state index in [2.05, 4.69) is 21.2 Å². The third-order valence-electron chi connectivity index (χ3n) is 5.35. The predicted molar refractivity (Wildman–Crippen MR) is 126 cm³/mol. The summed E-state index contributed by atoms with van der Waals surface area (Å²) in [6, 6.07) is 21.8. The zero-order chi connectivity index (χ0) is 22.5. The zero-order valence-electron chi connectivity index (χ0n) is 17.6. The summed E-state index contributed by atoms with van der Waals surface area (Å²) >= 11 is 3.44. The maximum absolute atomic E-state index is 13.3. The van der Waals surface area contributed by atoms with E-state index in [0.29, 0.717) is 42.3 Å². The van der Waals surface area contributed by atoms with Gasteiger partial charge in [-0.05, 0) is 54.1 Å². The molecule has 7 heteroatoms. The number of hydrogen-bond donors (Lipinski definition) is 1. The molecular formula is C25H23BrN2O4. The van der Waals surface area contributed by atoms with Gasteiger partial charge in [-0.25, -0.2) is 0 Å². The average molecular weight is 495 g/mol. The van der Waals surface area contributed by atoms with Crippen LogP contribution in [0.5, 0.6) is 5.75 Å². The van der Waals surface area contributed by atoms with E-state index >= 15 is 0 Å². The Balaban J connectivity index is 1.50. The van der Waals surface area contributed by atoms with E-state index in [4.69, 9.17) is 9.47 Å². The number of methoxy groups -OCH3 is 1. The monoisotopic (exact) mass is 494 g/mol. The SMILES string of the molecule is COc1ccc(C(=O)Nc2ccccc2C(=O)N2CCOC(c3ccc(Br)cc3)C2)cc1. The number of nitrogens with one attached hydrogen (secondary N) is 1. The van der Waals surface area contributed by atoms with Crippen LogP contribution >= 0.6 is 15.9 Å². The summed E-state index contributed by atoms with van der Waals surface area (Å²) in [7, 11) is 1.57. The molecule has 1 atom stereocenters. The van der Waals surface area contributed by atoms with Crippen molar-refractivity contribution in [1.82, 2.24) is 4.90 Å². The summed E-state index contributed by atoms with van der Waals surface area (Å²) in [5.41, 5.74) is 2.43.